The third-order valence-corrected chi connectivity index (χ3v) is 4.42. The Hall–Kier alpha value is -1.56. The second kappa shape index (κ2) is 7.45. The molecule has 21 heavy (non-hydrogen) atoms. The first-order valence-electron chi connectivity index (χ1n) is 7.18. The van der Waals surface area contributed by atoms with E-state index in [0.717, 1.165) is 11.4 Å². The van der Waals surface area contributed by atoms with Crippen molar-refractivity contribution in [3.05, 3.63) is 24.4 Å². The average Bonchev–Trinajstić information content (AvgIpc) is 2.97. The fourth-order valence-corrected chi connectivity index (χ4v) is 3.27. The molecule has 1 amide bonds. The molecule has 1 saturated heterocycles. The third kappa shape index (κ3) is 3.97. The zero-order chi connectivity index (χ0) is 15.2. The summed E-state index contributed by atoms with van der Waals surface area (Å²) in [5.74, 6) is -0.320. The minimum Gasteiger partial charge on any atom is -0.464 e. The molecule has 2 heterocycles. The molecule has 0 radical (unpaired) electrons. The van der Waals surface area contributed by atoms with Crippen LogP contribution in [0, 0.1) is 0 Å². The van der Waals surface area contributed by atoms with Crippen LogP contribution in [0.5, 0.6) is 0 Å². The van der Waals surface area contributed by atoms with Gasteiger partial charge < -0.3 is 9.64 Å². The van der Waals surface area contributed by atoms with E-state index in [-0.39, 0.29) is 17.1 Å². The van der Waals surface area contributed by atoms with Gasteiger partial charge in [0.25, 0.3) is 0 Å². The lowest BCUT2D eigenvalue weighted by molar-refractivity contribution is -0.152. The summed E-state index contributed by atoms with van der Waals surface area (Å²) in [6.07, 6.45) is 3.23. The summed E-state index contributed by atoms with van der Waals surface area (Å²) >= 11 is 1.41. The summed E-state index contributed by atoms with van der Waals surface area (Å²) in [5.41, 5.74) is 0. The first kappa shape index (κ1) is 15.8. The Morgan fingerprint density at radius 1 is 1.52 bits per heavy atom. The Morgan fingerprint density at radius 2 is 2.33 bits per heavy atom. The van der Waals surface area contributed by atoms with Crippen LogP contribution >= 0.6 is 11.8 Å². The van der Waals surface area contributed by atoms with Gasteiger partial charge in [-0.2, -0.15) is 0 Å². The molecular formula is C15H20N2O3S. The highest BCUT2D eigenvalue weighted by Crippen LogP contribution is 2.26. The summed E-state index contributed by atoms with van der Waals surface area (Å²) in [7, 11) is 0. The van der Waals surface area contributed by atoms with Crippen LogP contribution in [0.25, 0.3) is 0 Å². The Balaban J connectivity index is 1.99. The van der Waals surface area contributed by atoms with Crippen LogP contribution in [0.1, 0.15) is 26.7 Å². The molecule has 0 N–H and O–H groups in total. The summed E-state index contributed by atoms with van der Waals surface area (Å²) in [6.45, 7) is 4.59. The number of pyridine rings is 1. The molecule has 0 saturated carbocycles. The van der Waals surface area contributed by atoms with Crippen LogP contribution in [0.15, 0.2) is 29.4 Å². The maximum absolute atomic E-state index is 12.5. The van der Waals surface area contributed by atoms with Crippen LogP contribution < -0.4 is 0 Å². The van der Waals surface area contributed by atoms with Gasteiger partial charge in [-0.1, -0.05) is 17.8 Å². The van der Waals surface area contributed by atoms with Gasteiger partial charge >= 0.3 is 5.97 Å². The number of hydrogen-bond donors (Lipinski definition) is 0. The van der Waals surface area contributed by atoms with Gasteiger partial charge in [-0.25, -0.2) is 9.78 Å². The number of carbonyl (C=O) groups excluding carboxylic acids is 2. The quantitative estimate of drug-likeness (QED) is 0.616. The molecule has 0 aromatic carbocycles. The lowest BCUT2D eigenvalue weighted by Gasteiger charge is -2.25. The second-order valence-electron chi connectivity index (χ2n) is 4.87. The van der Waals surface area contributed by atoms with E-state index in [1.54, 1.807) is 18.0 Å². The predicted octanol–water partition coefficient (Wildman–Crippen LogP) is 2.12. The van der Waals surface area contributed by atoms with Crippen molar-refractivity contribution in [3.8, 4) is 0 Å². The number of ether oxygens (including phenoxy) is 1. The van der Waals surface area contributed by atoms with E-state index in [1.807, 2.05) is 25.1 Å². The predicted molar refractivity (Wildman–Crippen MR) is 80.9 cm³/mol. The van der Waals surface area contributed by atoms with Crippen molar-refractivity contribution in [2.45, 2.75) is 43.0 Å². The zero-order valence-corrected chi connectivity index (χ0v) is 13.1. The molecule has 6 heteroatoms. The number of carbonyl (C=O) groups is 2. The Labute approximate surface area is 129 Å². The highest BCUT2D eigenvalue weighted by atomic mass is 32.2. The van der Waals surface area contributed by atoms with E-state index in [4.69, 9.17) is 4.74 Å². The maximum atomic E-state index is 12.5. The highest BCUT2D eigenvalue weighted by Gasteiger charge is 2.37. The van der Waals surface area contributed by atoms with Gasteiger partial charge in [0.15, 0.2) is 0 Å². The van der Waals surface area contributed by atoms with E-state index in [0.29, 0.717) is 19.6 Å². The molecule has 1 unspecified atom stereocenters. The molecule has 0 spiro atoms. The Bertz CT molecular complexity index is 495. The molecule has 5 nitrogen and oxygen atoms in total. The number of hydrogen-bond acceptors (Lipinski definition) is 5. The summed E-state index contributed by atoms with van der Waals surface area (Å²) < 4.78 is 5.05. The minimum absolute atomic E-state index is 0.0267. The summed E-state index contributed by atoms with van der Waals surface area (Å²) in [6, 6.07) is 5.18. The number of thioether (sulfide) groups is 1. The molecule has 1 fully saturated rings. The van der Waals surface area contributed by atoms with Gasteiger partial charge in [-0.3, -0.25) is 4.79 Å². The average molecular weight is 308 g/mol. The van der Waals surface area contributed by atoms with E-state index in [9.17, 15) is 9.59 Å². The van der Waals surface area contributed by atoms with Gasteiger partial charge in [0, 0.05) is 12.7 Å². The number of likely N-dealkylation sites (tertiary alicyclic amines) is 1. The fourth-order valence-electron chi connectivity index (χ4n) is 2.40. The number of esters is 1. The van der Waals surface area contributed by atoms with Crippen LogP contribution in [0.3, 0.4) is 0 Å². The number of amides is 1. The maximum Gasteiger partial charge on any atom is 0.328 e. The van der Waals surface area contributed by atoms with Crippen molar-refractivity contribution in [1.29, 1.82) is 0 Å². The zero-order valence-electron chi connectivity index (χ0n) is 12.3. The first-order valence-corrected chi connectivity index (χ1v) is 8.06. The van der Waals surface area contributed by atoms with E-state index < -0.39 is 6.04 Å². The molecule has 114 valence electrons. The largest absolute Gasteiger partial charge is 0.464 e. The van der Waals surface area contributed by atoms with Crippen molar-refractivity contribution in [1.82, 2.24) is 9.88 Å². The molecule has 1 aromatic rings. The van der Waals surface area contributed by atoms with Gasteiger partial charge in [-0.05, 0) is 38.8 Å². The van der Waals surface area contributed by atoms with Gasteiger partial charge in [0.05, 0.1) is 16.9 Å². The Kier molecular flexibility index (Phi) is 5.61. The normalized spacial score (nSPS) is 19.3. The number of nitrogens with zero attached hydrogens (tertiary/aromatic N) is 2. The first-order chi connectivity index (χ1) is 10.1. The molecule has 0 bridgehead atoms. The van der Waals surface area contributed by atoms with Crippen molar-refractivity contribution >= 4 is 23.6 Å². The van der Waals surface area contributed by atoms with Crippen molar-refractivity contribution < 1.29 is 14.3 Å². The van der Waals surface area contributed by atoms with Crippen molar-refractivity contribution in [2.75, 3.05) is 13.2 Å². The topological polar surface area (TPSA) is 59.5 Å². The third-order valence-electron chi connectivity index (χ3n) is 3.38. The van der Waals surface area contributed by atoms with Gasteiger partial charge in [0.2, 0.25) is 5.91 Å². The summed E-state index contributed by atoms with van der Waals surface area (Å²) in [4.78, 5) is 30.3. The van der Waals surface area contributed by atoms with Crippen LogP contribution in [0.2, 0.25) is 0 Å². The van der Waals surface area contributed by atoms with Crippen LogP contribution in [0.4, 0.5) is 0 Å². The Morgan fingerprint density at radius 3 is 3.00 bits per heavy atom. The fraction of sp³-hybridized carbons (Fsp3) is 0.533. The highest BCUT2D eigenvalue weighted by molar-refractivity contribution is 8.00. The lowest BCUT2D eigenvalue weighted by Crippen LogP contribution is -2.44. The van der Waals surface area contributed by atoms with Gasteiger partial charge in [0.1, 0.15) is 6.04 Å². The van der Waals surface area contributed by atoms with E-state index in [1.165, 1.54) is 11.8 Å². The summed E-state index contributed by atoms with van der Waals surface area (Å²) in [5, 5.41) is 0.542. The van der Waals surface area contributed by atoms with Crippen molar-refractivity contribution in [3.63, 3.8) is 0 Å². The molecule has 1 aliphatic heterocycles. The van der Waals surface area contributed by atoms with E-state index >= 15 is 0 Å². The van der Waals surface area contributed by atoms with Crippen LogP contribution in [-0.2, 0) is 14.3 Å². The molecule has 0 aliphatic carbocycles. The number of rotatable bonds is 5. The SMILES string of the molecule is CCOC(=O)[C@H]1CCCN1C(=O)C(C)Sc1ccccn1. The molecule has 2 atom stereocenters. The smallest absolute Gasteiger partial charge is 0.328 e. The monoisotopic (exact) mass is 308 g/mol. The lowest BCUT2D eigenvalue weighted by atomic mass is 10.2. The van der Waals surface area contributed by atoms with Crippen LogP contribution in [-0.4, -0.2) is 46.2 Å². The minimum atomic E-state index is -0.427. The van der Waals surface area contributed by atoms with Crippen molar-refractivity contribution in [2.24, 2.45) is 0 Å². The van der Waals surface area contributed by atoms with Gasteiger partial charge in [-0.15, -0.1) is 0 Å². The standard InChI is InChI=1S/C15H20N2O3S/c1-3-20-15(19)12-7-6-10-17(12)14(18)11(2)21-13-8-4-5-9-16-13/h4-5,8-9,11-12H,3,6-7,10H2,1-2H3/t11?,12-/m1/s1. The molecule has 1 aromatic heterocycles. The molecular weight excluding hydrogens is 288 g/mol. The van der Waals surface area contributed by atoms with E-state index in [2.05, 4.69) is 4.98 Å². The number of aromatic nitrogens is 1. The molecule has 2 rings (SSSR count). The second-order valence-corrected chi connectivity index (χ2v) is 6.23. The molecule has 1 aliphatic rings.